The first kappa shape index (κ1) is 33.5. The molecule has 0 aliphatic carbocycles. The average Bonchev–Trinajstić information content (AvgIpc) is 3.39. The van der Waals surface area contributed by atoms with Gasteiger partial charge in [0.15, 0.2) is 11.5 Å². The van der Waals surface area contributed by atoms with Gasteiger partial charge in [0.05, 0.1) is 36.7 Å². The number of hydrogen-bond acceptors (Lipinski definition) is 9. The molecule has 14 nitrogen and oxygen atoms in total. The molecule has 0 spiro atoms. The Bertz CT molecular complexity index is 1720. The molecule has 0 radical (unpaired) electrons. The Hall–Kier alpha value is -4.00. The topological polar surface area (TPSA) is 223 Å². The number of thiophene rings is 1. The molecule has 2 N–H and O–H groups in total. The summed E-state index contributed by atoms with van der Waals surface area (Å²) < 4.78 is 92.5. The van der Waals surface area contributed by atoms with Gasteiger partial charge in [-0.15, -0.1) is 11.3 Å². The Labute approximate surface area is 246 Å². The summed E-state index contributed by atoms with van der Waals surface area (Å²) in [6, 6.07) is 7.67. The lowest BCUT2D eigenvalue weighted by Crippen LogP contribution is -2.27. The van der Waals surface area contributed by atoms with E-state index in [0.717, 1.165) is 23.5 Å². The molecule has 0 saturated heterocycles. The Morgan fingerprint density at radius 1 is 1.05 bits per heavy atom. The smallest absolute Gasteiger partial charge is 0.417 e. The lowest BCUT2D eigenvalue weighted by Gasteiger charge is -2.15. The van der Waals surface area contributed by atoms with Gasteiger partial charge in [-0.25, -0.2) is 13.1 Å². The molecule has 1 atom stereocenters. The van der Waals surface area contributed by atoms with Crippen molar-refractivity contribution in [2.45, 2.75) is 23.2 Å². The van der Waals surface area contributed by atoms with E-state index in [1.54, 1.807) is 0 Å². The second kappa shape index (κ2) is 14.5. The van der Waals surface area contributed by atoms with Gasteiger partial charge >= 0.3 is 6.18 Å². The van der Waals surface area contributed by atoms with Gasteiger partial charge in [-0.2, -0.15) is 18.4 Å². The first-order valence-corrected chi connectivity index (χ1v) is 16.2. The molecule has 0 amide bonds. The molecule has 43 heavy (non-hydrogen) atoms. The first-order chi connectivity index (χ1) is 20.3. The van der Waals surface area contributed by atoms with Gasteiger partial charge < -0.3 is 14.4 Å². The van der Waals surface area contributed by atoms with Gasteiger partial charge in [0.2, 0.25) is 7.37 Å². The second-order valence-electron chi connectivity index (χ2n) is 8.56. The van der Waals surface area contributed by atoms with Crippen LogP contribution in [0.15, 0.2) is 50.8 Å². The predicted molar refractivity (Wildman–Crippen MR) is 151 cm³/mol. The monoisotopic (exact) mass is 658 g/mol. The molecular formula is C23H22F3N8O6PS2. The summed E-state index contributed by atoms with van der Waals surface area (Å²) in [4.78, 5) is 15.7. The van der Waals surface area contributed by atoms with E-state index < -0.39 is 46.3 Å². The maximum atomic E-state index is 13.3. The molecule has 3 aromatic rings. The van der Waals surface area contributed by atoms with E-state index in [-0.39, 0.29) is 42.0 Å². The third kappa shape index (κ3) is 8.99. The number of hydrogen-bond donors (Lipinski definition) is 2. The number of fused-ring (bicyclic) bond motifs is 1. The number of nitriles is 1. The summed E-state index contributed by atoms with van der Waals surface area (Å²) >= 11 is 0.803. The molecule has 0 fully saturated rings. The number of nitrogens with zero attached hydrogens (tertiary/aromatic N) is 7. The summed E-state index contributed by atoms with van der Waals surface area (Å²) in [7, 11) is -9.08. The SMILES string of the molecule is N#Cc1ccc(P(=O)(O)CNS(=O)(=O)c2cc3cc(OCCCN=[N+]=[N-])c(OCCCN=[N+]=[N-])cc3s2)cc1C(F)(F)F. The minimum atomic E-state index is -4.97. The van der Waals surface area contributed by atoms with E-state index in [2.05, 4.69) is 20.1 Å². The number of ether oxygens (including phenoxy) is 2. The first-order valence-electron chi connectivity index (χ1n) is 12.1. The fourth-order valence-electron chi connectivity index (χ4n) is 3.52. The molecule has 0 aliphatic rings. The van der Waals surface area contributed by atoms with Crippen molar-refractivity contribution >= 4 is 44.1 Å². The van der Waals surface area contributed by atoms with Gasteiger partial charge in [-0.05, 0) is 59.6 Å². The number of benzene rings is 2. The summed E-state index contributed by atoms with van der Waals surface area (Å²) in [5.41, 5.74) is 14.6. The van der Waals surface area contributed by atoms with E-state index in [9.17, 15) is 31.0 Å². The second-order valence-corrected chi connectivity index (χ2v) is 13.9. The summed E-state index contributed by atoms with van der Waals surface area (Å²) in [6.45, 7) is 0.660. The summed E-state index contributed by atoms with van der Waals surface area (Å²) in [6.07, 6.45) is -5.31. The van der Waals surface area contributed by atoms with E-state index in [0.29, 0.717) is 29.0 Å². The minimum absolute atomic E-state index is 0.146. The van der Waals surface area contributed by atoms with Crippen LogP contribution < -0.4 is 19.5 Å². The van der Waals surface area contributed by atoms with Crippen molar-refractivity contribution in [2.75, 3.05) is 32.6 Å². The number of rotatable bonds is 15. The molecule has 1 unspecified atom stereocenters. The lowest BCUT2D eigenvalue weighted by molar-refractivity contribution is -0.137. The Balaban J connectivity index is 1.84. The van der Waals surface area contributed by atoms with Gasteiger partial charge in [0.25, 0.3) is 10.0 Å². The highest BCUT2D eigenvalue weighted by molar-refractivity contribution is 7.92. The molecule has 0 aliphatic heterocycles. The van der Waals surface area contributed by atoms with Crippen molar-refractivity contribution in [3.63, 3.8) is 0 Å². The third-order valence-corrected chi connectivity index (χ3v) is 10.4. The van der Waals surface area contributed by atoms with E-state index in [1.165, 1.54) is 24.3 Å². The van der Waals surface area contributed by atoms with Gasteiger partial charge in [0, 0.05) is 39.0 Å². The molecule has 1 heterocycles. The van der Waals surface area contributed by atoms with Crippen LogP contribution in [-0.2, 0) is 20.8 Å². The Morgan fingerprint density at radius 2 is 1.65 bits per heavy atom. The van der Waals surface area contributed by atoms with Crippen molar-refractivity contribution in [2.24, 2.45) is 10.2 Å². The van der Waals surface area contributed by atoms with Crippen LogP contribution >= 0.6 is 18.7 Å². The van der Waals surface area contributed by atoms with E-state index in [4.69, 9.17) is 25.8 Å². The highest BCUT2D eigenvalue weighted by atomic mass is 32.2. The zero-order chi connectivity index (χ0) is 31.7. The highest BCUT2D eigenvalue weighted by Gasteiger charge is 2.36. The van der Waals surface area contributed by atoms with Crippen molar-refractivity contribution in [1.29, 1.82) is 5.26 Å². The average molecular weight is 659 g/mol. The normalized spacial score (nSPS) is 12.9. The summed E-state index contributed by atoms with van der Waals surface area (Å²) in [5.74, 6) is 0.519. The highest BCUT2D eigenvalue weighted by Crippen LogP contribution is 2.42. The number of sulfonamides is 1. The van der Waals surface area contributed by atoms with Crippen LogP contribution in [0.5, 0.6) is 11.5 Å². The molecule has 228 valence electrons. The van der Waals surface area contributed by atoms with Gasteiger partial charge in [-0.3, -0.25) is 4.57 Å². The van der Waals surface area contributed by atoms with Crippen LogP contribution in [0.25, 0.3) is 31.0 Å². The molecule has 1 aromatic heterocycles. The number of alkyl halides is 3. The van der Waals surface area contributed by atoms with Crippen molar-refractivity contribution in [3.8, 4) is 17.6 Å². The van der Waals surface area contributed by atoms with E-state index >= 15 is 0 Å². The third-order valence-electron chi connectivity index (χ3n) is 5.57. The van der Waals surface area contributed by atoms with Crippen LogP contribution in [0, 0.1) is 11.3 Å². The van der Waals surface area contributed by atoms with Crippen LogP contribution in [0.1, 0.15) is 24.0 Å². The minimum Gasteiger partial charge on any atom is -0.490 e. The van der Waals surface area contributed by atoms with Crippen LogP contribution in [0.4, 0.5) is 13.2 Å². The molecule has 20 heteroatoms. The van der Waals surface area contributed by atoms with Crippen molar-refractivity contribution in [1.82, 2.24) is 4.72 Å². The molecule has 0 bridgehead atoms. The predicted octanol–water partition coefficient (Wildman–Crippen LogP) is 5.78. The van der Waals surface area contributed by atoms with Crippen LogP contribution in [0.2, 0.25) is 0 Å². The van der Waals surface area contributed by atoms with Crippen LogP contribution in [0.3, 0.4) is 0 Å². The lowest BCUT2D eigenvalue weighted by atomic mass is 10.1. The maximum Gasteiger partial charge on any atom is 0.417 e. The van der Waals surface area contributed by atoms with E-state index in [1.807, 2.05) is 4.72 Å². The molecular weight excluding hydrogens is 636 g/mol. The maximum absolute atomic E-state index is 13.3. The Kier molecular flexibility index (Phi) is 11.3. The fraction of sp³-hybridized carbons (Fsp3) is 0.348. The number of azide groups is 2. The number of nitrogens with one attached hydrogen (secondary N) is 1. The fourth-order valence-corrected chi connectivity index (χ4v) is 7.84. The van der Waals surface area contributed by atoms with Crippen LogP contribution in [-0.4, -0.2) is 45.9 Å². The largest absolute Gasteiger partial charge is 0.490 e. The van der Waals surface area contributed by atoms with Crippen molar-refractivity contribution in [3.05, 3.63) is 68.4 Å². The van der Waals surface area contributed by atoms with Gasteiger partial charge in [-0.1, -0.05) is 10.2 Å². The zero-order valence-corrected chi connectivity index (χ0v) is 24.5. The zero-order valence-electron chi connectivity index (χ0n) is 21.9. The Morgan fingerprint density at radius 3 is 2.21 bits per heavy atom. The van der Waals surface area contributed by atoms with Crippen molar-refractivity contribution < 1.29 is 40.5 Å². The van der Waals surface area contributed by atoms with Gasteiger partial charge in [0.1, 0.15) is 4.21 Å². The molecule has 2 aromatic carbocycles. The molecule has 3 rings (SSSR count). The standard InChI is InChI=1S/C23H22F3N8O6PS2/c24-23(25,26)18-11-17(4-3-15(18)13-27)41(35,36)14-32-43(37,38)22-10-16-9-19(39-7-1-5-30-33-28)20(12-21(16)42-22)40-8-2-6-31-34-29/h3-4,9-12,32H,1-2,5-8,14H2,(H,35,36). The summed E-state index contributed by atoms with van der Waals surface area (Å²) in [5, 5.41) is 15.5. The quantitative estimate of drug-likeness (QED) is 0.0672. The number of halogens is 3. The molecule has 0 saturated carbocycles.